The van der Waals surface area contributed by atoms with Gasteiger partial charge in [0, 0.05) is 4.88 Å². The Hall–Kier alpha value is -1.36. The van der Waals surface area contributed by atoms with Crippen LogP contribution >= 0.6 is 11.3 Å². The zero-order valence-corrected chi connectivity index (χ0v) is 7.13. The lowest BCUT2D eigenvalue weighted by atomic mass is 10.3. The molecule has 1 rings (SSSR count). The van der Waals surface area contributed by atoms with Gasteiger partial charge in [0.05, 0.1) is 6.21 Å². The Kier molecular flexibility index (Phi) is 2.44. The number of nitrogens with zero attached hydrogens (tertiary/aromatic N) is 1. The largest absolute Gasteiger partial charge is 0.477 e. The van der Waals surface area contributed by atoms with Gasteiger partial charge in [0.15, 0.2) is 0 Å². The number of thiophene rings is 1. The van der Waals surface area contributed by atoms with Crippen LogP contribution in [0.1, 0.15) is 20.1 Å². The average Bonchev–Trinajstić information content (AvgIpc) is 2.32. The number of rotatable bonds is 2. The normalized spacial score (nSPS) is 10.8. The van der Waals surface area contributed by atoms with Crippen molar-refractivity contribution in [2.24, 2.45) is 5.16 Å². The average molecular weight is 185 g/mol. The summed E-state index contributed by atoms with van der Waals surface area (Å²) in [6.45, 7) is 1.70. The highest BCUT2D eigenvalue weighted by molar-refractivity contribution is 7.15. The van der Waals surface area contributed by atoms with Gasteiger partial charge in [0.1, 0.15) is 4.88 Å². The summed E-state index contributed by atoms with van der Waals surface area (Å²) in [4.78, 5) is 11.5. The van der Waals surface area contributed by atoms with Crippen LogP contribution in [0.15, 0.2) is 11.2 Å². The lowest BCUT2D eigenvalue weighted by molar-refractivity contribution is 0.0701. The highest BCUT2D eigenvalue weighted by Crippen LogP contribution is 2.20. The first-order valence-corrected chi connectivity index (χ1v) is 3.98. The number of hydrogen-bond acceptors (Lipinski definition) is 4. The molecule has 0 unspecified atom stereocenters. The predicted octanol–water partition coefficient (Wildman–Crippen LogP) is 1.56. The van der Waals surface area contributed by atoms with E-state index in [4.69, 9.17) is 10.3 Å². The molecule has 1 aromatic rings. The molecular weight excluding hydrogens is 178 g/mol. The molecule has 0 aliphatic rings. The summed E-state index contributed by atoms with van der Waals surface area (Å²) in [5.41, 5.74) is 0.683. The molecule has 0 aromatic carbocycles. The van der Waals surface area contributed by atoms with E-state index in [2.05, 4.69) is 5.16 Å². The van der Waals surface area contributed by atoms with Crippen LogP contribution in [-0.4, -0.2) is 22.5 Å². The maximum absolute atomic E-state index is 10.5. The molecule has 0 bridgehead atoms. The summed E-state index contributed by atoms with van der Waals surface area (Å²) >= 11 is 1.08. The molecule has 2 N–H and O–H groups in total. The van der Waals surface area contributed by atoms with Crippen LogP contribution in [0.25, 0.3) is 0 Å². The molecule has 64 valence electrons. The number of carbonyl (C=O) groups is 1. The molecule has 1 heterocycles. The van der Waals surface area contributed by atoms with Gasteiger partial charge in [-0.3, -0.25) is 0 Å². The van der Waals surface area contributed by atoms with E-state index in [-0.39, 0.29) is 4.88 Å². The second-order valence-electron chi connectivity index (χ2n) is 2.21. The fourth-order valence-electron chi connectivity index (χ4n) is 0.840. The van der Waals surface area contributed by atoms with Gasteiger partial charge in [0.25, 0.3) is 0 Å². The second kappa shape index (κ2) is 3.36. The van der Waals surface area contributed by atoms with Crippen molar-refractivity contribution in [3.63, 3.8) is 0 Å². The van der Waals surface area contributed by atoms with Crippen LogP contribution in [-0.2, 0) is 0 Å². The summed E-state index contributed by atoms with van der Waals surface area (Å²) in [6.07, 6.45) is 1.21. The Bertz CT molecular complexity index is 329. The standard InChI is InChI=1S/C7H7NO3S/c1-4-2-5(3-8-11)12-6(4)7(9)10/h2-3,11H,1H3,(H,9,10). The molecule has 0 aliphatic heterocycles. The van der Waals surface area contributed by atoms with Gasteiger partial charge in [-0.25, -0.2) is 4.79 Å². The van der Waals surface area contributed by atoms with Gasteiger partial charge < -0.3 is 10.3 Å². The van der Waals surface area contributed by atoms with E-state index >= 15 is 0 Å². The zero-order chi connectivity index (χ0) is 9.14. The topological polar surface area (TPSA) is 69.9 Å². The Morgan fingerprint density at radius 2 is 2.42 bits per heavy atom. The first kappa shape index (κ1) is 8.73. The summed E-state index contributed by atoms with van der Waals surface area (Å²) in [7, 11) is 0. The molecule has 0 fully saturated rings. The molecule has 1 aromatic heterocycles. The van der Waals surface area contributed by atoms with Gasteiger partial charge in [0.2, 0.25) is 0 Å². The van der Waals surface area contributed by atoms with E-state index in [9.17, 15) is 4.79 Å². The van der Waals surface area contributed by atoms with Crippen LogP contribution in [0.5, 0.6) is 0 Å². The zero-order valence-electron chi connectivity index (χ0n) is 6.31. The van der Waals surface area contributed by atoms with Crippen molar-refractivity contribution < 1.29 is 15.1 Å². The maximum atomic E-state index is 10.5. The van der Waals surface area contributed by atoms with Gasteiger partial charge >= 0.3 is 5.97 Å². The Morgan fingerprint density at radius 1 is 1.75 bits per heavy atom. The Labute approximate surface area is 72.8 Å². The first-order valence-electron chi connectivity index (χ1n) is 3.16. The first-order chi connectivity index (χ1) is 5.65. The number of aryl methyl sites for hydroxylation is 1. The van der Waals surface area contributed by atoms with Crippen molar-refractivity contribution in [3.8, 4) is 0 Å². The summed E-state index contributed by atoms with van der Waals surface area (Å²) in [6, 6.07) is 1.66. The van der Waals surface area contributed by atoms with Crippen molar-refractivity contribution in [2.45, 2.75) is 6.92 Å². The van der Waals surface area contributed by atoms with Crippen molar-refractivity contribution in [1.82, 2.24) is 0 Å². The second-order valence-corrected chi connectivity index (χ2v) is 3.29. The molecule has 0 radical (unpaired) electrons. The van der Waals surface area contributed by atoms with Crippen molar-refractivity contribution >= 4 is 23.5 Å². The van der Waals surface area contributed by atoms with Gasteiger partial charge in [-0.2, -0.15) is 0 Å². The number of hydrogen-bond donors (Lipinski definition) is 2. The fraction of sp³-hybridized carbons (Fsp3) is 0.143. The smallest absolute Gasteiger partial charge is 0.346 e. The number of oxime groups is 1. The number of carboxylic acids is 1. The summed E-state index contributed by atoms with van der Waals surface area (Å²) in [5, 5.41) is 19.6. The van der Waals surface area contributed by atoms with Crippen molar-refractivity contribution in [3.05, 3.63) is 21.4 Å². The van der Waals surface area contributed by atoms with Crippen molar-refractivity contribution in [1.29, 1.82) is 0 Å². The summed E-state index contributed by atoms with van der Waals surface area (Å²) < 4.78 is 0. The lowest BCUT2D eigenvalue weighted by Crippen LogP contribution is -1.93. The quantitative estimate of drug-likeness (QED) is 0.417. The third-order valence-corrected chi connectivity index (χ3v) is 2.48. The van der Waals surface area contributed by atoms with Crippen LogP contribution in [0.3, 0.4) is 0 Å². The van der Waals surface area contributed by atoms with Crippen LogP contribution in [0.4, 0.5) is 0 Å². The van der Waals surface area contributed by atoms with Crippen LogP contribution in [0, 0.1) is 6.92 Å². The van der Waals surface area contributed by atoms with E-state index in [1.165, 1.54) is 6.21 Å². The van der Waals surface area contributed by atoms with Crippen LogP contribution < -0.4 is 0 Å². The minimum absolute atomic E-state index is 0.282. The monoisotopic (exact) mass is 185 g/mol. The predicted molar refractivity (Wildman–Crippen MR) is 45.4 cm³/mol. The van der Waals surface area contributed by atoms with Gasteiger partial charge in [-0.15, -0.1) is 11.3 Å². The number of carboxylic acid groups (broad SMARTS) is 1. The molecule has 0 aliphatic carbocycles. The molecule has 0 spiro atoms. The number of aromatic carboxylic acids is 1. The molecular formula is C7H7NO3S. The lowest BCUT2D eigenvalue weighted by Gasteiger charge is -1.86. The summed E-state index contributed by atoms with van der Waals surface area (Å²) in [5.74, 6) is -0.949. The highest BCUT2D eigenvalue weighted by Gasteiger charge is 2.10. The SMILES string of the molecule is Cc1cc(C=NO)sc1C(=O)O. The van der Waals surface area contributed by atoms with E-state index < -0.39 is 5.97 Å². The van der Waals surface area contributed by atoms with Gasteiger partial charge in [-0.1, -0.05) is 5.16 Å². The van der Waals surface area contributed by atoms with Crippen LogP contribution in [0.2, 0.25) is 0 Å². The van der Waals surface area contributed by atoms with Crippen molar-refractivity contribution in [2.75, 3.05) is 0 Å². The third kappa shape index (κ3) is 1.62. The molecule has 4 nitrogen and oxygen atoms in total. The van der Waals surface area contributed by atoms with E-state index in [0.29, 0.717) is 10.4 Å². The molecule has 0 amide bonds. The maximum Gasteiger partial charge on any atom is 0.346 e. The molecule has 0 saturated heterocycles. The fourth-order valence-corrected chi connectivity index (χ4v) is 1.72. The Morgan fingerprint density at radius 3 is 2.83 bits per heavy atom. The molecule has 0 saturated carbocycles. The molecule has 0 atom stereocenters. The molecule has 12 heavy (non-hydrogen) atoms. The van der Waals surface area contributed by atoms with Gasteiger partial charge in [-0.05, 0) is 18.6 Å². The Balaban J connectivity index is 3.08. The van der Waals surface area contributed by atoms with E-state index in [0.717, 1.165) is 11.3 Å². The minimum atomic E-state index is -0.949. The highest BCUT2D eigenvalue weighted by atomic mass is 32.1. The van der Waals surface area contributed by atoms with E-state index in [1.807, 2.05) is 0 Å². The minimum Gasteiger partial charge on any atom is -0.477 e. The third-order valence-electron chi connectivity index (χ3n) is 1.32. The molecule has 5 heteroatoms. The van der Waals surface area contributed by atoms with E-state index in [1.54, 1.807) is 13.0 Å².